The van der Waals surface area contributed by atoms with Gasteiger partial charge in [-0.05, 0) is 39.3 Å². The van der Waals surface area contributed by atoms with E-state index in [0.29, 0.717) is 18.9 Å². The molecule has 0 saturated carbocycles. The molecular formula is C14H19NO2. The maximum atomic E-state index is 5.62. The van der Waals surface area contributed by atoms with E-state index in [9.17, 15) is 0 Å². The van der Waals surface area contributed by atoms with Crippen LogP contribution >= 0.6 is 0 Å². The highest BCUT2D eigenvalue weighted by Crippen LogP contribution is 2.44. The predicted molar refractivity (Wildman–Crippen MR) is 66.4 cm³/mol. The summed E-state index contributed by atoms with van der Waals surface area (Å²) in [6.45, 7) is 6.07. The first kappa shape index (κ1) is 10.9. The van der Waals surface area contributed by atoms with Crippen LogP contribution in [0.1, 0.15) is 38.3 Å². The molecule has 1 atom stereocenters. The summed E-state index contributed by atoms with van der Waals surface area (Å²) >= 11 is 0. The highest BCUT2D eigenvalue weighted by atomic mass is 16.7. The van der Waals surface area contributed by atoms with Gasteiger partial charge in [0.05, 0.1) is 0 Å². The van der Waals surface area contributed by atoms with Crippen molar-refractivity contribution in [2.75, 3.05) is 13.3 Å². The molecule has 1 unspecified atom stereocenters. The molecular weight excluding hydrogens is 214 g/mol. The van der Waals surface area contributed by atoms with E-state index in [0.717, 1.165) is 11.5 Å². The Morgan fingerprint density at radius 2 is 2.18 bits per heavy atom. The Morgan fingerprint density at radius 3 is 3.00 bits per heavy atom. The minimum absolute atomic E-state index is 0.362. The summed E-state index contributed by atoms with van der Waals surface area (Å²) in [6, 6.07) is 7.31. The molecule has 1 fully saturated rings. The van der Waals surface area contributed by atoms with E-state index in [1.165, 1.54) is 24.9 Å². The molecule has 2 aliphatic rings. The smallest absolute Gasteiger partial charge is 0.231 e. The Kier molecular flexibility index (Phi) is 2.71. The van der Waals surface area contributed by atoms with Gasteiger partial charge in [0.2, 0.25) is 6.79 Å². The van der Waals surface area contributed by atoms with Crippen molar-refractivity contribution in [3.8, 4) is 11.5 Å². The summed E-state index contributed by atoms with van der Waals surface area (Å²) in [5, 5.41) is 0. The highest BCUT2D eigenvalue weighted by molar-refractivity contribution is 5.49. The van der Waals surface area contributed by atoms with Crippen LogP contribution in [0, 0.1) is 0 Å². The van der Waals surface area contributed by atoms with E-state index in [1.54, 1.807) is 0 Å². The third kappa shape index (κ3) is 1.78. The minimum atomic E-state index is 0.362. The van der Waals surface area contributed by atoms with Crippen molar-refractivity contribution in [3.63, 3.8) is 0 Å². The van der Waals surface area contributed by atoms with Gasteiger partial charge in [-0.2, -0.15) is 0 Å². The van der Waals surface area contributed by atoms with Gasteiger partial charge in [-0.25, -0.2) is 0 Å². The summed E-state index contributed by atoms with van der Waals surface area (Å²) in [4.78, 5) is 2.55. The van der Waals surface area contributed by atoms with E-state index < -0.39 is 0 Å². The van der Waals surface area contributed by atoms with E-state index in [-0.39, 0.29) is 0 Å². The highest BCUT2D eigenvalue weighted by Gasteiger charge is 2.32. The first-order chi connectivity index (χ1) is 8.27. The number of fused-ring (bicyclic) bond motifs is 1. The summed E-state index contributed by atoms with van der Waals surface area (Å²) in [6.07, 6.45) is 2.49. The second kappa shape index (κ2) is 4.22. The second-order valence-electron chi connectivity index (χ2n) is 5.07. The standard InChI is InChI=1S/C14H19NO2/c1-10(2)15-8-4-6-12(15)11-5-3-7-13-14(11)17-9-16-13/h3,5,7,10,12H,4,6,8-9H2,1-2H3. The number of hydrogen-bond acceptors (Lipinski definition) is 3. The number of hydrogen-bond donors (Lipinski definition) is 0. The van der Waals surface area contributed by atoms with E-state index in [1.807, 2.05) is 6.07 Å². The molecule has 2 aliphatic heterocycles. The van der Waals surface area contributed by atoms with Crippen LogP contribution in [-0.4, -0.2) is 24.3 Å². The fourth-order valence-electron chi connectivity index (χ4n) is 2.96. The Morgan fingerprint density at radius 1 is 1.29 bits per heavy atom. The second-order valence-corrected chi connectivity index (χ2v) is 5.07. The van der Waals surface area contributed by atoms with Crippen molar-refractivity contribution in [1.82, 2.24) is 4.90 Å². The van der Waals surface area contributed by atoms with Gasteiger partial charge < -0.3 is 9.47 Å². The molecule has 1 aromatic carbocycles. The fraction of sp³-hybridized carbons (Fsp3) is 0.571. The first-order valence-electron chi connectivity index (χ1n) is 6.41. The molecule has 3 nitrogen and oxygen atoms in total. The number of nitrogens with zero attached hydrogens (tertiary/aromatic N) is 1. The lowest BCUT2D eigenvalue weighted by Crippen LogP contribution is -2.30. The summed E-state index contributed by atoms with van der Waals surface area (Å²) < 4.78 is 11.1. The van der Waals surface area contributed by atoms with Crippen LogP contribution in [0.3, 0.4) is 0 Å². The molecule has 17 heavy (non-hydrogen) atoms. The van der Waals surface area contributed by atoms with Crippen LogP contribution in [0.15, 0.2) is 18.2 Å². The lowest BCUT2D eigenvalue weighted by atomic mass is 10.0. The fourth-order valence-corrected chi connectivity index (χ4v) is 2.96. The quantitative estimate of drug-likeness (QED) is 0.784. The van der Waals surface area contributed by atoms with Gasteiger partial charge in [0.1, 0.15) is 0 Å². The van der Waals surface area contributed by atoms with Crippen molar-refractivity contribution in [3.05, 3.63) is 23.8 Å². The number of ether oxygens (including phenoxy) is 2. The van der Waals surface area contributed by atoms with Crippen molar-refractivity contribution in [2.45, 2.75) is 38.8 Å². The molecule has 0 radical (unpaired) electrons. The third-order valence-corrected chi connectivity index (χ3v) is 3.74. The number of likely N-dealkylation sites (tertiary alicyclic amines) is 1. The van der Waals surface area contributed by atoms with Gasteiger partial charge in [-0.1, -0.05) is 12.1 Å². The van der Waals surface area contributed by atoms with Gasteiger partial charge in [0, 0.05) is 17.6 Å². The van der Waals surface area contributed by atoms with Crippen LogP contribution in [0.5, 0.6) is 11.5 Å². The number of para-hydroxylation sites is 1. The van der Waals surface area contributed by atoms with E-state index in [2.05, 4.69) is 30.9 Å². The van der Waals surface area contributed by atoms with Crippen LogP contribution in [0.4, 0.5) is 0 Å². The van der Waals surface area contributed by atoms with Crippen molar-refractivity contribution in [2.24, 2.45) is 0 Å². The van der Waals surface area contributed by atoms with Gasteiger partial charge in [-0.15, -0.1) is 0 Å². The molecule has 1 aromatic rings. The summed E-state index contributed by atoms with van der Waals surface area (Å²) in [7, 11) is 0. The summed E-state index contributed by atoms with van der Waals surface area (Å²) in [5.74, 6) is 1.86. The zero-order valence-electron chi connectivity index (χ0n) is 10.5. The van der Waals surface area contributed by atoms with Crippen LogP contribution in [0.2, 0.25) is 0 Å². The molecule has 92 valence electrons. The average molecular weight is 233 g/mol. The summed E-state index contributed by atoms with van der Waals surface area (Å²) in [5.41, 5.74) is 1.30. The predicted octanol–water partition coefficient (Wildman–Crippen LogP) is 2.96. The third-order valence-electron chi connectivity index (χ3n) is 3.74. The number of rotatable bonds is 2. The molecule has 0 N–H and O–H groups in total. The molecule has 2 heterocycles. The van der Waals surface area contributed by atoms with Crippen LogP contribution in [-0.2, 0) is 0 Å². The van der Waals surface area contributed by atoms with Crippen molar-refractivity contribution < 1.29 is 9.47 Å². The lowest BCUT2D eigenvalue weighted by molar-refractivity contribution is 0.167. The Labute approximate surface area is 102 Å². The molecule has 0 bridgehead atoms. The Hall–Kier alpha value is -1.22. The zero-order valence-corrected chi connectivity index (χ0v) is 10.5. The lowest BCUT2D eigenvalue weighted by Gasteiger charge is -2.29. The van der Waals surface area contributed by atoms with Crippen molar-refractivity contribution >= 4 is 0 Å². The topological polar surface area (TPSA) is 21.7 Å². The molecule has 0 aliphatic carbocycles. The van der Waals surface area contributed by atoms with Gasteiger partial charge in [0.25, 0.3) is 0 Å². The molecule has 3 rings (SSSR count). The van der Waals surface area contributed by atoms with E-state index >= 15 is 0 Å². The molecule has 0 amide bonds. The number of benzene rings is 1. The van der Waals surface area contributed by atoms with Gasteiger partial charge >= 0.3 is 0 Å². The van der Waals surface area contributed by atoms with Gasteiger partial charge in [0.15, 0.2) is 11.5 Å². The van der Waals surface area contributed by atoms with Gasteiger partial charge in [-0.3, -0.25) is 4.90 Å². The Balaban J connectivity index is 1.96. The normalized spacial score (nSPS) is 23.6. The first-order valence-corrected chi connectivity index (χ1v) is 6.41. The molecule has 3 heteroatoms. The maximum Gasteiger partial charge on any atom is 0.231 e. The Bertz CT molecular complexity index is 417. The maximum absolute atomic E-state index is 5.62. The van der Waals surface area contributed by atoms with Crippen molar-refractivity contribution in [1.29, 1.82) is 0 Å². The molecule has 0 aromatic heterocycles. The van der Waals surface area contributed by atoms with E-state index in [4.69, 9.17) is 9.47 Å². The average Bonchev–Trinajstić information content (AvgIpc) is 2.97. The monoisotopic (exact) mass is 233 g/mol. The van der Waals surface area contributed by atoms with Crippen LogP contribution in [0.25, 0.3) is 0 Å². The zero-order chi connectivity index (χ0) is 11.8. The molecule has 1 saturated heterocycles. The SMILES string of the molecule is CC(C)N1CCCC1c1cccc2c1OCO2. The van der Waals surface area contributed by atoms with Crippen LogP contribution < -0.4 is 9.47 Å². The minimum Gasteiger partial charge on any atom is -0.454 e. The largest absolute Gasteiger partial charge is 0.454 e. The molecule has 0 spiro atoms.